The van der Waals surface area contributed by atoms with E-state index in [2.05, 4.69) is 0 Å². The van der Waals surface area contributed by atoms with E-state index in [0.717, 1.165) is 17.7 Å². The van der Waals surface area contributed by atoms with E-state index in [1.165, 1.54) is 16.7 Å². The number of amides is 1. The van der Waals surface area contributed by atoms with Crippen LogP contribution in [0.4, 0.5) is 0 Å². The molecule has 1 N–H and O–H groups in total. The zero-order valence-electron chi connectivity index (χ0n) is 10.1. The van der Waals surface area contributed by atoms with Gasteiger partial charge in [0.2, 0.25) is 0 Å². The van der Waals surface area contributed by atoms with Crippen LogP contribution in [0.25, 0.3) is 0 Å². The number of rotatable bonds is 5. The van der Waals surface area contributed by atoms with Gasteiger partial charge in [-0.25, -0.2) is 0 Å². The van der Waals surface area contributed by atoms with Gasteiger partial charge in [-0.1, -0.05) is 12.1 Å². The number of carboxylic acid groups (broad SMARTS) is 1. The molecule has 0 aliphatic heterocycles. The van der Waals surface area contributed by atoms with Crippen molar-refractivity contribution in [1.29, 1.82) is 0 Å². The Balaban J connectivity index is 2.24. The van der Waals surface area contributed by atoms with Gasteiger partial charge >= 0.3 is 5.97 Å². The predicted molar refractivity (Wildman–Crippen MR) is 69.9 cm³/mol. The number of carbonyl (C=O) groups excluding carboxylic acids is 1. The highest BCUT2D eigenvalue weighted by atomic mass is 32.2. The van der Waals surface area contributed by atoms with Crippen LogP contribution < -0.4 is 0 Å². The zero-order chi connectivity index (χ0) is 13.1. The minimum atomic E-state index is -0.961. The molecule has 0 aromatic heterocycles. The van der Waals surface area contributed by atoms with Crippen LogP contribution >= 0.6 is 11.8 Å². The fourth-order valence-corrected chi connectivity index (χ4v) is 2.46. The summed E-state index contributed by atoms with van der Waals surface area (Å²) in [5.74, 6) is -1.14. The summed E-state index contributed by atoms with van der Waals surface area (Å²) in [5, 5.41) is 8.88. The van der Waals surface area contributed by atoms with E-state index in [4.69, 9.17) is 5.11 Å². The van der Waals surface area contributed by atoms with Crippen LogP contribution in [0.2, 0.25) is 0 Å². The van der Waals surface area contributed by atoms with E-state index in [9.17, 15) is 9.59 Å². The molecule has 1 aliphatic rings. The summed E-state index contributed by atoms with van der Waals surface area (Å²) < 4.78 is 0. The molecule has 1 aromatic rings. The normalized spacial score (nSPS) is 14.3. The highest BCUT2D eigenvalue weighted by Crippen LogP contribution is 2.30. The first-order chi connectivity index (χ1) is 8.63. The van der Waals surface area contributed by atoms with Crippen LogP contribution in [-0.4, -0.2) is 40.7 Å². The van der Waals surface area contributed by atoms with Gasteiger partial charge in [-0.05, 0) is 31.2 Å². The Morgan fingerprint density at radius 1 is 1.39 bits per heavy atom. The molecule has 0 saturated heterocycles. The number of nitrogens with zero attached hydrogens (tertiary/aromatic N) is 1. The minimum absolute atomic E-state index is 0.100. The number of carbonyl (C=O) groups is 2. The summed E-state index contributed by atoms with van der Waals surface area (Å²) in [4.78, 5) is 25.6. The number of hydrogen-bond acceptors (Lipinski definition) is 3. The molecule has 1 saturated carbocycles. The van der Waals surface area contributed by atoms with Gasteiger partial charge in [0.1, 0.15) is 6.54 Å². The van der Waals surface area contributed by atoms with Crippen LogP contribution in [0.3, 0.4) is 0 Å². The maximum Gasteiger partial charge on any atom is 0.323 e. The summed E-state index contributed by atoms with van der Waals surface area (Å²) >= 11 is 1.50. The SMILES string of the molecule is CSc1ccccc1C(=O)N(CC(=O)O)C1CC1. The van der Waals surface area contributed by atoms with Crippen LogP contribution in [0.15, 0.2) is 29.2 Å². The van der Waals surface area contributed by atoms with E-state index in [-0.39, 0.29) is 18.5 Å². The fourth-order valence-electron chi connectivity index (χ4n) is 1.87. The third-order valence-corrected chi connectivity index (χ3v) is 3.69. The molecule has 0 spiro atoms. The molecule has 0 bridgehead atoms. The summed E-state index contributed by atoms with van der Waals surface area (Å²) in [7, 11) is 0. The van der Waals surface area contributed by atoms with Crippen molar-refractivity contribution in [2.24, 2.45) is 0 Å². The van der Waals surface area contributed by atoms with Crippen molar-refractivity contribution in [1.82, 2.24) is 4.90 Å². The van der Waals surface area contributed by atoms with E-state index in [1.807, 2.05) is 18.4 Å². The first-order valence-corrected chi connectivity index (χ1v) is 7.01. The van der Waals surface area contributed by atoms with Crippen LogP contribution in [0.5, 0.6) is 0 Å². The third kappa shape index (κ3) is 2.85. The van der Waals surface area contributed by atoms with E-state index in [0.29, 0.717) is 5.56 Å². The Morgan fingerprint density at radius 3 is 2.61 bits per heavy atom. The molecule has 18 heavy (non-hydrogen) atoms. The smallest absolute Gasteiger partial charge is 0.323 e. The van der Waals surface area contributed by atoms with Crippen molar-refractivity contribution in [3.8, 4) is 0 Å². The number of benzene rings is 1. The first-order valence-electron chi connectivity index (χ1n) is 5.79. The molecule has 2 rings (SSSR count). The quantitative estimate of drug-likeness (QED) is 0.828. The van der Waals surface area contributed by atoms with E-state index < -0.39 is 5.97 Å². The average Bonchev–Trinajstić information content (AvgIpc) is 3.19. The highest BCUT2D eigenvalue weighted by Gasteiger charge is 2.34. The van der Waals surface area contributed by atoms with Crippen molar-refractivity contribution >= 4 is 23.6 Å². The lowest BCUT2D eigenvalue weighted by atomic mass is 10.2. The lowest BCUT2D eigenvalue weighted by molar-refractivity contribution is -0.137. The molecule has 96 valence electrons. The molecule has 1 fully saturated rings. The number of hydrogen-bond donors (Lipinski definition) is 1. The highest BCUT2D eigenvalue weighted by molar-refractivity contribution is 7.98. The molecule has 1 aliphatic carbocycles. The van der Waals surface area contributed by atoms with Crippen molar-refractivity contribution in [2.75, 3.05) is 12.8 Å². The van der Waals surface area contributed by atoms with Gasteiger partial charge in [-0.15, -0.1) is 11.8 Å². The van der Waals surface area contributed by atoms with Crippen molar-refractivity contribution in [3.63, 3.8) is 0 Å². The molecular weight excluding hydrogens is 250 g/mol. The van der Waals surface area contributed by atoms with Gasteiger partial charge in [0.25, 0.3) is 5.91 Å². The first kappa shape index (κ1) is 13.0. The molecule has 1 aromatic carbocycles. The van der Waals surface area contributed by atoms with Crippen LogP contribution in [0.1, 0.15) is 23.2 Å². The second-order valence-electron chi connectivity index (χ2n) is 4.26. The molecule has 0 unspecified atom stereocenters. The number of carboxylic acids is 1. The maximum absolute atomic E-state index is 12.4. The molecule has 4 nitrogen and oxygen atoms in total. The minimum Gasteiger partial charge on any atom is -0.480 e. The third-order valence-electron chi connectivity index (χ3n) is 2.89. The van der Waals surface area contributed by atoms with E-state index in [1.54, 1.807) is 12.1 Å². The molecule has 0 heterocycles. The Bertz CT molecular complexity index is 471. The summed E-state index contributed by atoms with van der Waals surface area (Å²) in [6.45, 7) is -0.216. The summed E-state index contributed by atoms with van der Waals surface area (Å²) in [6.07, 6.45) is 3.71. The van der Waals surface area contributed by atoms with E-state index >= 15 is 0 Å². The van der Waals surface area contributed by atoms with Gasteiger partial charge in [0.15, 0.2) is 0 Å². The van der Waals surface area contributed by atoms with Gasteiger partial charge in [0.05, 0.1) is 5.56 Å². The maximum atomic E-state index is 12.4. The van der Waals surface area contributed by atoms with Gasteiger partial charge in [0, 0.05) is 10.9 Å². The molecule has 1 amide bonds. The van der Waals surface area contributed by atoms with Gasteiger partial charge in [-0.3, -0.25) is 9.59 Å². The van der Waals surface area contributed by atoms with Gasteiger partial charge < -0.3 is 10.0 Å². The van der Waals surface area contributed by atoms with Crippen molar-refractivity contribution < 1.29 is 14.7 Å². The average molecular weight is 265 g/mol. The summed E-state index contributed by atoms with van der Waals surface area (Å²) in [6, 6.07) is 7.42. The predicted octanol–water partition coefficient (Wildman–Crippen LogP) is 2.10. The number of aliphatic carboxylic acids is 1. The lowest BCUT2D eigenvalue weighted by Crippen LogP contribution is -2.37. The molecule has 0 radical (unpaired) electrons. The van der Waals surface area contributed by atoms with Crippen LogP contribution in [0, 0.1) is 0 Å². The van der Waals surface area contributed by atoms with Crippen molar-refractivity contribution in [2.45, 2.75) is 23.8 Å². The Labute approximate surface area is 110 Å². The Kier molecular flexibility index (Phi) is 3.91. The largest absolute Gasteiger partial charge is 0.480 e. The zero-order valence-corrected chi connectivity index (χ0v) is 10.9. The standard InChI is InChI=1S/C13H15NO3S/c1-18-11-5-3-2-4-10(11)13(17)14(8-12(15)16)9-6-7-9/h2-5,9H,6-8H2,1H3,(H,15,16). The number of thioether (sulfide) groups is 1. The monoisotopic (exact) mass is 265 g/mol. The fraction of sp³-hybridized carbons (Fsp3) is 0.385. The Morgan fingerprint density at radius 2 is 2.06 bits per heavy atom. The molecular formula is C13H15NO3S. The topological polar surface area (TPSA) is 57.6 Å². The van der Waals surface area contributed by atoms with Crippen molar-refractivity contribution in [3.05, 3.63) is 29.8 Å². The van der Waals surface area contributed by atoms with Crippen LogP contribution in [-0.2, 0) is 4.79 Å². The second-order valence-corrected chi connectivity index (χ2v) is 5.11. The van der Waals surface area contributed by atoms with Gasteiger partial charge in [-0.2, -0.15) is 0 Å². The lowest BCUT2D eigenvalue weighted by Gasteiger charge is -2.21. The Hall–Kier alpha value is -1.49. The second kappa shape index (κ2) is 5.44. The molecule has 5 heteroatoms. The molecule has 0 atom stereocenters. The summed E-state index contributed by atoms with van der Waals surface area (Å²) in [5.41, 5.74) is 0.596.